The zero-order valence-electron chi connectivity index (χ0n) is 15.7. The Labute approximate surface area is 170 Å². The normalized spacial score (nSPS) is 11.4. The van der Waals surface area contributed by atoms with Gasteiger partial charge in [-0.15, -0.1) is 0 Å². The maximum absolute atomic E-state index is 5.34. The Morgan fingerprint density at radius 3 is 2.61 bits per heavy atom. The van der Waals surface area contributed by atoms with Crippen LogP contribution in [-0.2, 0) is 6.42 Å². The van der Waals surface area contributed by atoms with Crippen LogP contribution in [-0.4, -0.2) is 50.1 Å². The molecule has 0 spiro atoms. The Hall–Kier alpha value is -2.85. The van der Waals surface area contributed by atoms with Crippen molar-refractivity contribution < 1.29 is 9.47 Å². The molecular weight excluding hydrogens is 415 g/mol. The summed E-state index contributed by atoms with van der Waals surface area (Å²) in [5, 5.41) is 9.25. The van der Waals surface area contributed by atoms with Crippen molar-refractivity contribution in [1.29, 1.82) is 0 Å². The monoisotopic (exact) mass is 435 g/mol. The Morgan fingerprint density at radius 1 is 0.964 bits per heavy atom. The number of aromatic nitrogens is 4. The Bertz CT molecular complexity index is 1080. The number of hydrogen-bond donors (Lipinski definition) is 1. The van der Waals surface area contributed by atoms with Crippen molar-refractivity contribution in [1.82, 2.24) is 20.2 Å². The van der Waals surface area contributed by atoms with E-state index in [9.17, 15) is 0 Å². The van der Waals surface area contributed by atoms with E-state index in [0.29, 0.717) is 6.01 Å². The van der Waals surface area contributed by atoms with Gasteiger partial charge >= 0.3 is 170 Å². The van der Waals surface area contributed by atoms with Crippen LogP contribution in [0.4, 0.5) is 0 Å². The van der Waals surface area contributed by atoms with Crippen molar-refractivity contribution in [3.63, 3.8) is 0 Å². The first-order valence-electron chi connectivity index (χ1n) is 8.92. The molecule has 0 bridgehead atoms. The molecule has 28 heavy (non-hydrogen) atoms. The van der Waals surface area contributed by atoms with Crippen LogP contribution < -0.4 is 14.0 Å². The molecule has 2 aromatic heterocycles. The Kier molecular flexibility index (Phi) is 5.58. The number of ether oxygens (including phenoxy) is 2. The van der Waals surface area contributed by atoms with Gasteiger partial charge in [0.2, 0.25) is 0 Å². The predicted octanol–water partition coefficient (Wildman–Crippen LogP) is 3.03. The van der Waals surface area contributed by atoms with Gasteiger partial charge in [-0.1, -0.05) is 0 Å². The minimum atomic E-state index is -0.0879. The van der Waals surface area contributed by atoms with Gasteiger partial charge < -0.3 is 0 Å². The molecule has 0 aliphatic carbocycles. The molecule has 2 heterocycles. The number of benzene rings is 2. The molecule has 0 aliphatic rings. The van der Waals surface area contributed by atoms with Gasteiger partial charge in [0.25, 0.3) is 0 Å². The first-order valence-corrected chi connectivity index (χ1v) is 11.2. The average Bonchev–Trinajstić information content (AvgIpc) is 3.22. The zero-order chi connectivity index (χ0) is 19.3. The molecule has 0 fully saturated rings. The molecule has 0 atom stereocenters. The molecule has 2 aromatic carbocycles. The minimum absolute atomic E-state index is 0.0879. The van der Waals surface area contributed by atoms with E-state index in [-0.39, 0.29) is 15.8 Å². The standard InChI is InChI=1S/C21H20AsN4O2/c1-27-17-7-3-14(4-8-17)9-10-22-20-12-18(24-21(25-20)28-2)15-5-6-16-13-23-26-19(16)11-15/h3-8,11-13H,9-10H2,1-2H3,(H,23,26). The van der Waals surface area contributed by atoms with E-state index in [1.807, 2.05) is 24.4 Å². The molecule has 1 N–H and O–H groups in total. The summed E-state index contributed by atoms with van der Waals surface area (Å²) < 4.78 is 11.6. The van der Waals surface area contributed by atoms with Crippen LogP contribution in [0.2, 0.25) is 5.21 Å². The van der Waals surface area contributed by atoms with Crippen molar-refractivity contribution in [3.05, 3.63) is 60.3 Å². The molecule has 1 radical (unpaired) electrons. The molecular formula is C21H20AsN4O2. The number of aromatic amines is 1. The molecule has 7 heteroatoms. The van der Waals surface area contributed by atoms with Crippen LogP contribution in [0.15, 0.2) is 54.7 Å². The molecule has 0 aliphatic heterocycles. The van der Waals surface area contributed by atoms with Gasteiger partial charge in [-0.25, -0.2) is 0 Å². The predicted molar refractivity (Wildman–Crippen MR) is 111 cm³/mol. The second-order valence-corrected chi connectivity index (χ2v) is 8.81. The van der Waals surface area contributed by atoms with Crippen LogP contribution in [0, 0.1) is 0 Å². The number of nitrogens with one attached hydrogen (secondary N) is 1. The van der Waals surface area contributed by atoms with Crippen LogP contribution in [0.1, 0.15) is 5.56 Å². The fraction of sp³-hybridized carbons (Fsp3) is 0.190. The summed E-state index contributed by atoms with van der Waals surface area (Å²) >= 11 is -0.0879. The van der Waals surface area contributed by atoms with Crippen LogP contribution in [0.5, 0.6) is 11.8 Å². The number of methoxy groups -OCH3 is 2. The summed E-state index contributed by atoms with van der Waals surface area (Å²) in [4.78, 5) is 9.09. The Morgan fingerprint density at radius 2 is 1.82 bits per heavy atom. The number of hydrogen-bond acceptors (Lipinski definition) is 5. The van der Waals surface area contributed by atoms with E-state index in [1.165, 1.54) is 5.56 Å². The second-order valence-electron chi connectivity index (χ2n) is 6.25. The van der Waals surface area contributed by atoms with Crippen LogP contribution >= 0.6 is 0 Å². The topological polar surface area (TPSA) is 72.9 Å². The molecule has 4 aromatic rings. The molecule has 0 amide bonds. The molecule has 0 saturated carbocycles. The maximum atomic E-state index is 5.34. The SMILES string of the molecule is COc1ccc(CC[As]c2cc(-c3ccc4cn[nH]c4c3)nc(OC)n2)cc1. The van der Waals surface area contributed by atoms with E-state index in [0.717, 1.165) is 44.0 Å². The van der Waals surface area contributed by atoms with Crippen molar-refractivity contribution in [2.24, 2.45) is 0 Å². The fourth-order valence-corrected chi connectivity index (χ4v) is 4.95. The number of fused-ring (bicyclic) bond motifs is 1. The quantitative estimate of drug-likeness (QED) is 0.452. The van der Waals surface area contributed by atoms with Crippen LogP contribution in [0.25, 0.3) is 22.2 Å². The van der Waals surface area contributed by atoms with Gasteiger partial charge in [0, 0.05) is 0 Å². The summed E-state index contributed by atoms with van der Waals surface area (Å²) in [7, 11) is 3.29. The molecule has 6 nitrogen and oxygen atoms in total. The van der Waals surface area contributed by atoms with Crippen molar-refractivity contribution in [3.8, 4) is 23.0 Å². The van der Waals surface area contributed by atoms with Gasteiger partial charge in [0.1, 0.15) is 0 Å². The van der Waals surface area contributed by atoms with Gasteiger partial charge in [-0.05, 0) is 0 Å². The van der Waals surface area contributed by atoms with E-state index >= 15 is 0 Å². The van der Waals surface area contributed by atoms with Crippen LogP contribution in [0.3, 0.4) is 0 Å². The summed E-state index contributed by atoms with van der Waals surface area (Å²) in [6.45, 7) is 0. The molecule has 0 unspecified atom stereocenters. The summed E-state index contributed by atoms with van der Waals surface area (Å²) in [5.41, 5.74) is 4.19. The van der Waals surface area contributed by atoms with Gasteiger partial charge in [0.15, 0.2) is 0 Å². The van der Waals surface area contributed by atoms with Gasteiger partial charge in [0.05, 0.1) is 0 Å². The summed E-state index contributed by atoms with van der Waals surface area (Å²) in [6, 6.07) is 16.9. The third-order valence-corrected chi connectivity index (χ3v) is 6.54. The summed E-state index contributed by atoms with van der Waals surface area (Å²) in [6.07, 6.45) is 2.83. The Balaban J connectivity index is 1.51. The summed E-state index contributed by atoms with van der Waals surface area (Å²) in [5.74, 6) is 0.886. The first-order chi connectivity index (χ1) is 13.7. The average molecular weight is 435 g/mol. The van der Waals surface area contributed by atoms with Crippen molar-refractivity contribution in [2.75, 3.05) is 14.2 Å². The zero-order valence-corrected chi connectivity index (χ0v) is 17.6. The van der Waals surface area contributed by atoms with E-state index < -0.39 is 0 Å². The number of rotatable bonds is 7. The molecule has 141 valence electrons. The third kappa shape index (κ3) is 4.18. The van der Waals surface area contributed by atoms with Crippen molar-refractivity contribution >= 4 is 31.1 Å². The van der Waals surface area contributed by atoms with E-state index in [1.54, 1.807) is 14.2 Å². The number of aryl methyl sites for hydroxylation is 1. The number of H-pyrrole nitrogens is 1. The second kappa shape index (κ2) is 8.44. The van der Waals surface area contributed by atoms with E-state index in [2.05, 4.69) is 50.5 Å². The molecule has 0 saturated heterocycles. The van der Waals surface area contributed by atoms with Gasteiger partial charge in [-0.2, -0.15) is 0 Å². The number of nitrogens with zero attached hydrogens (tertiary/aromatic N) is 3. The molecule has 4 rings (SSSR count). The third-order valence-electron chi connectivity index (χ3n) is 4.45. The van der Waals surface area contributed by atoms with E-state index in [4.69, 9.17) is 9.47 Å². The fourth-order valence-electron chi connectivity index (χ4n) is 2.92. The van der Waals surface area contributed by atoms with Crippen molar-refractivity contribution in [2.45, 2.75) is 11.6 Å². The first kappa shape index (κ1) is 18.5. The van der Waals surface area contributed by atoms with Gasteiger partial charge in [-0.3, -0.25) is 0 Å².